The quantitative estimate of drug-likeness (QED) is 0.851. The maximum Gasteiger partial charge on any atom is 0.0975 e. The molecule has 0 saturated carbocycles. The molecule has 1 unspecified atom stereocenters. The molecule has 0 bridgehead atoms. The van der Waals surface area contributed by atoms with E-state index in [4.69, 9.17) is 4.98 Å². The molecule has 96 valence electrons. The average Bonchev–Trinajstić information content (AvgIpc) is 2.70. The van der Waals surface area contributed by atoms with Gasteiger partial charge in [0, 0.05) is 16.9 Å². The summed E-state index contributed by atoms with van der Waals surface area (Å²) in [4.78, 5) is 4.85. The van der Waals surface area contributed by atoms with Gasteiger partial charge in [-0.1, -0.05) is 29.8 Å². The molecule has 3 rings (SSSR count). The van der Waals surface area contributed by atoms with Gasteiger partial charge in [-0.2, -0.15) is 0 Å². The number of rotatable bonds is 1. The van der Waals surface area contributed by atoms with Crippen LogP contribution in [0, 0.1) is 5.41 Å². The summed E-state index contributed by atoms with van der Waals surface area (Å²) < 4.78 is 2.40. The van der Waals surface area contributed by atoms with Crippen LogP contribution in [0.15, 0.2) is 22.7 Å². The van der Waals surface area contributed by atoms with E-state index in [-0.39, 0.29) is 0 Å². The van der Waals surface area contributed by atoms with Crippen molar-refractivity contribution in [3.63, 3.8) is 0 Å². The van der Waals surface area contributed by atoms with Gasteiger partial charge in [0.2, 0.25) is 0 Å². The van der Waals surface area contributed by atoms with Crippen LogP contribution in [0.1, 0.15) is 31.2 Å². The predicted molar refractivity (Wildman–Crippen MR) is 81.3 cm³/mol. The number of halogens is 1. The van der Waals surface area contributed by atoms with Crippen molar-refractivity contribution in [2.75, 3.05) is 13.1 Å². The van der Waals surface area contributed by atoms with Crippen molar-refractivity contribution in [1.29, 1.82) is 0 Å². The summed E-state index contributed by atoms with van der Waals surface area (Å²) in [6, 6.07) is 6.37. The van der Waals surface area contributed by atoms with E-state index in [0.717, 1.165) is 23.1 Å². The third-order valence-electron chi connectivity index (χ3n) is 3.80. The highest BCUT2D eigenvalue weighted by Gasteiger charge is 2.35. The van der Waals surface area contributed by atoms with Gasteiger partial charge in [-0.25, -0.2) is 4.98 Å². The first kappa shape index (κ1) is 12.6. The SMILES string of the molecule is CC1(C)CNCCC1c1nc2cc(Br)ccc2s1. The Hall–Kier alpha value is -0.450. The lowest BCUT2D eigenvalue weighted by Gasteiger charge is -2.37. The first-order valence-corrected chi connectivity index (χ1v) is 7.94. The van der Waals surface area contributed by atoms with Crippen molar-refractivity contribution < 1.29 is 0 Å². The fourth-order valence-electron chi connectivity index (χ4n) is 2.70. The van der Waals surface area contributed by atoms with Gasteiger partial charge in [0.05, 0.1) is 15.2 Å². The molecule has 2 aromatic rings. The summed E-state index contributed by atoms with van der Waals surface area (Å²) in [7, 11) is 0. The van der Waals surface area contributed by atoms with Crippen LogP contribution in [0.25, 0.3) is 10.2 Å². The molecule has 1 saturated heterocycles. The third kappa shape index (κ3) is 2.22. The Morgan fingerprint density at radius 3 is 3.06 bits per heavy atom. The minimum Gasteiger partial charge on any atom is -0.316 e. The summed E-state index contributed by atoms with van der Waals surface area (Å²) in [5, 5.41) is 4.79. The first-order valence-electron chi connectivity index (χ1n) is 6.33. The second-order valence-corrected chi connectivity index (χ2v) is 7.65. The molecular formula is C14H17BrN2S. The Balaban J connectivity index is 2.03. The lowest BCUT2D eigenvalue weighted by atomic mass is 9.75. The molecule has 1 aliphatic rings. The minimum absolute atomic E-state index is 0.295. The molecule has 1 aromatic carbocycles. The topological polar surface area (TPSA) is 24.9 Å². The number of nitrogens with zero attached hydrogens (tertiary/aromatic N) is 1. The van der Waals surface area contributed by atoms with E-state index in [1.807, 2.05) is 11.3 Å². The maximum absolute atomic E-state index is 4.85. The van der Waals surface area contributed by atoms with Gasteiger partial charge in [0.25, 0.3) is 0 Å². The van der Waals surface area contributed by atoms with E-state index in [0.29, 0.717) is 11.3 Å². The summed E-state index contributed by atoms with van der Waals surface area (Å²) in [5.41, 5.74) is 1.42. The third-order valence-corrected chi connectivity index (χ3v) is 5.44. The molecule has 2 heterocycles. The van der Waals surface area contributed by atoms with Crippen molar-refractivity contribution in [3.05, 3.63) is 27.7 Å². The van der Waals surface area contributed by atoms with Gasteiger partial charge in [0.15, 0.2) is 0 Å². The number of hydrogen-bond donors (Lipinski definition) is 1. The first-order chi connectivity index (χ1) is 8.56. The molecule has 1 fully saturated rings. The largest absolute Gasteiger partial charge is 0.316 e. The monoisotopic (exact) mass is 324 g/mol. The number of benzene rings is 1. The Labute approximate surface area is 120 Å². The highest BCUT2D eigenvalue weighted by Crippen LogP contribution is 2.42. The van der Waals surface area contributed by atoms with Crippen LogP contribution in [0.2, 0.25) is 0 Å². The zero-order valence-electron chi connectivity index (χ0n) is 10.7. The Bertz CT molecular complexity index is 576. The molecule has 0 radical (unpaired) electrons. The number of aromatic nitrogens is 1. The van der Waals surface area contributed by atoms with Gasteiger partial charge in [-0.05, 0) is 36.6 Å². The molecule has 0 amide bonds. The molecule has 1 aromatic heterocycles. The highest BCUT2D eigenvalue weighted by atomic mass is 79.9. The molecule has 1 N–H and O–H groups in total. The van der Waals surface area contributed by atoms with Gasteiger partial charge in [0.1, 0.15) is 0 Å². The van der Waals surface area contributed by atoms with E-state index < -0.39 is 0 Å². The molecule has 1 atom stereocenters. The maximum atomic E-state index is 4.85. The summed E-state index contributed by atoms with van der Waals surface area (Å²) in [6.45, 7) is 6.86. The average molecular weight is 325 g/mol. The number of nitrogens with one attached hydrogen (secondary N) is 1. The van der Waals surface area contributed by atoms with Gasteiger partial charge in [-0.15, -0.1) is 11.3 Å². The van der Waals surface area contributed by atoms with Crippen LogP contribution in [0.3, 0.4) is 0 Å². The second-order valence-electron chi connectivity index (χ2n) is 5.67. The molecular weight excluding hydrogens is 308 g/mol. The molecule has 0 spiro atoms. The van der Waals surface area contributed by atoms with Crippen LogP contribution in [-0.2, 0) is 0 Å². The van der Waals surface area contributed by atoms with Crippen molar-refractivity contribution in [3.8, 4) is 0 Å². The normalized spacial score (nSPS) is 23.4. The van der Waals surface area contributed by atoms with E-state index in [9.17, 15) is 0 Å². The van der Waals surface area contributed by atoms with Gasteiger partial charge < -0.3 is 5.32 Å². The summed E-state index contributed by atoms with van der Waals surface area (Å²) in [6.07, 6.45) is 1.19. The lowest BCUT2D eigenvalue weighted by Crippen LogP contribution is -2.41. The second kappa shape index (κ2) is 4.58. The van der Waals surface area contributed by atoms with Crippen LogP contribution in [0.5, 0.6) is 0 Å². The van der Waals surface area contributed by atoms with Gasteiger partial charge in [-0.3, -0.25) is 0 Å². The summed E-state index contributed by atoms with van der Waals surface area (Å²) in [5.74, 6) is 0.579. The molecule has 18 heavy (non-hydrogen) atoms. The minimum atomic E-state index is 0.295. The fraction of sp³-hybridized carbons (Fsp3) is 0.500. The van der Waals surface area contributed by atoms with Gasteiger partial charge >= 0.3 is 0 Å². The molecule has 1 aliphatic heterocycles. The predicted octanol–water partition coefficient (Wildman–Crippen LogP) is 4.16. The Morgan fingerprint density at radius 1 is 1.44 bits per heavy atom. The molecule has 2 nitrogen and oxygen atoms in total. The molecule has 0 aliphatic carbocycles. The number of piperidine rings is 1. The van der Waals surface area contributed by atoms with Crippen LogP contribution >= 0.6 is 27.3 Å². The highest BCUT2D eigenvalue weighted by molar-refractivity contribution is 9.10. The van der Waals surface area contributed by atoms with Crippen LogP contribution in [0.4, 0.5) is 0 Å². The van der Waals surface area contributed by atoms with Crippen LogP contribution in [-0.4, -0.2) is 18.1 Å². The Kier molecular flexibility index (Phi) is 3.20. The van der Waals surface area contributed by atoms with Crippen LogP contribution < -0.4 is 5.32 Å². The Morgan fingerprint density at radius 2 is 2.28 bits per heavy atom. The number of fused-ring (bicyclic) bond motifs is 1. The fourth-order valence-corrected chi connectivity index (χ4v) is 4.34. The smallest absolute Gasteiger partial charge is 0.0975 e. The zero-order valence-corrected chi connectivity index (χ0v) is 13.1. The van der Waals surface area contributed by atoms with Crippen molar-refractivity contribution in [2.45, 2.75) is 26.2 Å². The lowest BCUT2D eigenvalue weighted by molar-refractivity contribution is 0.219. The van der Waals surface area contributed by atoms with Crippen molar-refractivity contribution >= 4 is 37.5 Å². The molecule has 4 heteroatoms. The van der Waals surface area contributed by atoms with Crippen molar-refractivity contribution in [2.24, 2.45) is 5.41 Å². The van der Waals surface area contributed by atoms with E-state index in [1.165, 1.54) is 16.1 Å². The van der Waals surface area contributed by atoms with Crippen molar-refractivity contribution in [1.82, 2.24) is 10.3 Å². The van der Waals surface area contributed by atoms with E-state index in [1.54, 1.807) is 0 Å². The standard InChI is InChI=1S/C14H17BrN2S/c1-14(2)8-16-6-5-10(14)13-17-11-7-9(15)3-4-12(11)18-13/h3-4,7,10,16H,5-6,8H2,1-2H3. The summed E-state index contributed by atoms with van der Waals surface area (Å²) >= 11 is 5.37. The number of thiazole rings is 1. The van der Waals surface area contributed by atoms with E-state index >= 15 is 0 Å². The van der Waals surface area contributed by atoms with E-state index in [2.05, 4.69) is 53.3 Å². The zero-order chi connectivity index (χ0) is 12.8. The number of hydrogen-bond acceptors (Lipinski definition) is 3.